The summed E-state index contributed by atoms with van der Waals surface area (Å²) in [6.07, 6.45) is 15.3. The minimum Gasteiger partial charge on any atom is -0.508 e. The summed E-state index contributed by atoms with van der Waals surface area (Å²) in [7, 11) is 3.28. The second-order valence-corrected chi connectivity index (χ2v) is 15.1. The summed E-state index contributed by atoms with van der Waals surface area (Å²) in [5, 5.41) is 26.9. The Bertz CT molecular complexity index is 2230. The fraction of sp³-hybridized carbons (Fsp3) is 0.362. The van der Waals surface area contributed by atoms with E-state index >= 15 is 0 Å². The van der Waals surface area contributed by atoms with Gasteiger partial charge in [-0.1, -0.05) is 48.7 Å². The predicted molar refractivity (Wildman–Crippen MR) is 221 cm³/mol. The quantitative estimate of drug-likeness (QED) is 0.0577. The number of carbonyl (C=O) groups excluding carboxylic acids is 1. The monoisotopic (exact) mass is 753 g/mol. The lowest BCUT2D eigenvalue weighted by molar-refractivity contribution is -0.121. The van der Waals surface area contributed by atoms with Gasteiger partial charge in [0.1, 0.15) is 36.1 Å². The standard InChI is InChI=1S/C47H51N3O6/c1-49-47(48)50-38-9-5-7-30(24-38)6-3-4-8-33-14-17-39(51)26-37(33)27-41-28-40(52)16-10-31-11-19-43(54-2)44(25-31)56-29-32-22-35-13-12-34(20-21-55-41)46-42(53)18-15-36(23-32)45(35)46/h5,7,9,11,14-15,17-19,22-26,33-34,37,41,51,53H,3-4,6,8,10,12-13,16,27-29H2,1-2H3,(H3,48,49,50). The van der Waals surface area contributed by atoms with Crippen LogP contribution in [0.5, 0.6) is 17.2 Å². The highest BCUT2D eigenvalue weighted by atomic mass is 16.5. The number of ether oxygens (including phenoxy) is 3. The molecule has 0 saturated carbocycles. The molecule has 0 radical (unpaired) electrons. The number of aliphatic hydroxyl groups excluding tert-OH is 1. The van der Waals surface area contributed by atoms with Crippen molar-refractivity contribution in [2.75, 3.05) is 19.5 Å². The number of rotatable bonds is 9. The number of aliphatic imine (C=N–C) groups is 1. The Hall–Kier alpha value is -5.88. The number of carbonyl (C=O) groups is 1. The minimum absolute atomic E-state index is 0.0279. The van der Waals surface area contributed by atoms with Crippen molar-refractivity contribution in [2.24, 2.45) is 22.6 Å². The first-order chi connectivity index (χ1) is 27.3. The summed E-state index contributed by atoms with van der Waals surface area (Å²) >= 11 is 0. The maximum absolute atomic E-state index is 13.6. The fourth-order valence-corrected chi connectivity index (χ4v) is 8.35. The molecule has 290 valence electrons. The average molecular weight is 754 g/mol. The summed E-state index contributed by atoms with van der Waals surface area (Å²) in [4.78, 5) is 17.6. The lowest BCUT2D eigenvalue weighted by atomic mass is 9.80. The highest BCUT2D eigenvalue weighted by Crippen LogP contribution is 2.42. The van der Waals surface area contributed by atoms with E-state index in [0.29, 0.717) is 43.3 Å². The zero-order valence-electron chi connectivity index (χ0n) is 32.2. The van der Waals surface area contributed by atoms with Gasteiger partial charge in [-0.3, -0.25) is 9.79 Å². The van der Waals surface area contributed by atoms with Crippen LogP contribution < -0.4 is 20.5 Å². The van der Waals surface area contributed by atoms with Gasteiger partial charge in [-0.15, -0.1) is 0 Å². The van der Waals surface area contributed by atoms with E-state index in [-0.39, 0.29) is 41.5 Å². The summed E-state index contributed by atoms with van der Waals surface area (Å²) in [5.74, 6) is 5.42. The van der Waals surface area contributed by atoms with Gasteiger partial charge in [0.15, 0.2) is 17.5 Å². The highest BCUT2D eigenvalue weighted by molar-refractivity contribution is 5.93. The molecular formula is C47H51N3O6. The van der Waals surface area contributed by atoms with Crippen molar-refractivity contribution in [2.45, 2.75) is 82.8 Å². The maximum atomic E-state index is 13.6. The molecule has 9 heteroatoms. The molecule has 0 spiro atoms. The van der Waals surface area contributed by atoms with Crippen LogP contribution in [-0.4, -0.2) is 42.2 Å². The van der Waals surface area contributed by atoms with E-state index in [9.17, 15) is 15.0 Å². The van der Waals surface area contributed by atoms with Crippen LogP contribution in [0, 0.1) is 23.9 Å². The number of nitrogens with two attached hydrogens (primary N) is 1. The van der Waals surface area contributed by atoms with Crippen LogP contribution in [0.4, 0.5) is 5.69 Å². The number of aromatic hydroxyl groups is 1. The number of allylic oxidation sites excluding steroid dienone is 3. The van der Waals surface area contributed by atoms with Crippen molar-refractivity contribution in [1.82, 2.24) is 0 Å². The van der Waals surface area contributed by atoms with E-state index < -0.39 is 6.10 Å². The number of phenolic OH excluding ortho intramolecular Hbond substituents is 1. The number of nitrogens with one attached hydrogen (secondary N) is 1. The molecule has 4 aliphatic rings. The number of hydrogen-bond acceptors (Lipinski definition) is 7. The number of unbranched alkanes of at least 4 members (excludes halogenated alkanes) is 1. The van der Waals surface area contributed by atoms with Crippen molar-refractivity contribution in [3.8, 4) is 29.3 Å². The summed E-state index contributed by atoms with van der Waals surface area (Å²) in [5.41, 5.74) is 12.0. The normalized spacial score (nSPS) is 20.9. The van der Waals surface area contributed by atoms with Crippen molar-refractivity contribution in [3.63, 3.8) is 0 Å². The number of Topliss-reactive ketones (excluding diaryl/α,β-unsaturated/α-hetero) is 1. The molecular weight excluding hydrogens is 703 g/mol. The Labute approximate surface area is 329 Å². The first-order valence-electron chi connectivity index (χ1n) is 19.7. The predicted octanol–water partition coefficient (Wildman–Crippen LogP) is 8.82. The lowest BCUT2D eigenvalue weighted by Crippen LogP contribution is -2.24. The lowest BCUT2D eigenvalue weighted by Gasteiger charge is -2.28. The SMILES string of the molecule is CN=C(N)Nc1cccc(CCCCC2C=CC(O)=CC2CC2CC(=O)CCc3ccc(OC)c(c3)OCc3cc4c5c(c(O)ccc5c3)C(C#CO2)CC4)c1. The number of guanidine groups is 1. The van der Waals surface area contributed by atoms with E-state index in [1.54, 1.807) is 26.3 Å². The zero-order valence-corrected chi connectivity index (χ0v) is 32.2. The molecule has 0 amide bonds. The molecule has 9 nitrogen and oxygen atoms in total. The van der Waals surface area contributed by atoms with Crippen molar-refractivity contribution >= 4 is 28.2 Å². The number of hydrogen-bond donors (Lipinski definition) is 4. The van der Waals surface area contributed by atoms with Crippen LogP contribution in [0.15, 0.2) is 95.7 Å². The Morgan fingerprint density at radius 2 is 1.91 bits per heavy atom. The molecule has 8 bridgehead atoms. The molecule has 4 unspecified atom stereocenters. The Morgan fingerprint density at radius 1 is 1.02 bits per heavy atom. The molecule has 2 aliphatic carbocycles. The third-order valence-corrected chi connectivity index (χ3v) is 11.2. The topological polar surface area (TPSA) is 136 Å². The van der Waals surface area contributed by atoms with E-state index in [2.05, 4.69) is 52.7 Å². The third-order valence-electron chi connectivity index (χ3n) is 11.2. The van der Waals surface area contributed by atoms with Crippen LogP contribution in [0.3, 0.4) is 0 Å². The van der Waals surface area contributed by atoms with Crippen LogP contribution in [-0.2, 0) is 35.4 Å². The summed E-state index contributed by atoms with van der Waals surface area (Å²) < 4.78 is 18.3. The Morgan fingerprint density at radius 3 is 2.77 bits per heavy atom. The molecule has 0 aromatic heterocycles. The van der Waals surface area contributed by atoms with Crippen LogP contribution >= 0.6 is 0 Å². The number of ketones is 1. The number of nitrogens with zero attached hydrogens (tertiary/aromatic N) is 1. The number of methoxy groups -OCH3 is 1. The van der Waals surface area contributed by atoms with Gasteiger partial charge in [-0.05, 0) is 138 Å². The van der Waals surface area contributed by atoms with Gasteiger partial charge in [-0.2, -0.15) is 0 Å². The molecule has 2 aliphatic heterocycles. The van der Waals surface area contributed by atoms with Crippen LogP contribution in [0.2, 0.25) is 0 Å². The number of phenols is 1. The van der Waals surface area contributed by atoms with Gasteiger partial charge in [0.05, 0.1) is 13.0 Å². The molecule has 2 heterocycles. The van der Waals surface area contributed by atoms with E-state index in [4.69, 9.17) is 19.9 Å². The number of anilines is 1. The van der Waals surface area contributed by atoms with Crippen LogP contribution in [0.25, 0.3) is 10.8 Å². The number of benzene rings is 4. The van der Waals surface area contributed by atoms with Gasteiger partial charge in [0.2, 0.25) is 0 Å². The molecule has 4 aromatic rings. The molecule has 0 fully saturated rings. The van der Waals surface area contributed by atoms with E-state index in [1.165, 1.54) is 5.56 Å². The number of aliphatic hydroxyl groups is 1. The van der Waals surface area contributed by atoms with Crippen molar-refractivity contribution in [1.29, 1.82) is 0 Å². The smallest absolute Gasteiger partial charge is 0.192 e. The van der Waals surface area contributed by atoms with Crippen LogP contribution in [0.1, 0.15) is 78.7 Å². The molecule has 56 heavy (non-hydrogen) atoms. The summed E-state index contributed by atoms with van der Waals surface area (Å²) in [6.45, 7) is 0.356. The average Bonchev–Trinajstić information content (AvgIpc) is 3.20. The van der Waals surface area contributed by atoms with Gasteiger partial charge in [-0.25, -0.2) is 0 Å². The minimum atomic E-state index is -0.480. The largest absolute Gasteiger partial charge is 0.508 e. The molecule has 5 N–H and O–H groups in total. The van der Waals surface area contributed by atoms with E-state index in [1.807, 2.05) is 42.5 Å². The second kappa shape index (κ2) is 17.7. The van der Waals surface area contributed by atoms with Gasteiger partial charge >= 0.3 is 0 Å². The summed E-state index contributed by atoms with van der Waals surface area (Å²) in [6, 6.07) is 22.0. The van der Waals surface area contributed by atoms with E-state index in [0.717, 1.165) is 77.2 Å². The molecule has 4 atom stereocenters. The third kappa shape index (κ3) is 9.31. The number of fused-ring (bicyclic) bond motifs is 7. The first kappa shape index (κ1) is 38.4. The number of aryl methyl sites for hydroxylation is 3. The molecule has 0 saturated heterocycles. The molecule has 8 rings (SSSR count). The first-order valence-corrected chi connectivity index (χ1v) is 19.7. The fourth-order valence-electron chi connectivity index (χ4n) is 8.35. The van der Waals surface area contributed by atoms with Crippen molar-refractivity contribution in [3.05, 3.63) is 119 Å². The second-order valence-electron chi connectivity index (χ2n) is 15.1. The molecule has 4 aromatic carbocycles. The Balaban J connectivity index is 1.10. The van der Waals surface area contributed by atoms with Gasteiger partial charge in [0, 0.05) is 31.1 Å². The highest BCUT2D eigenvalue weighted by Gasteiger charge is 2.28. The Kier molecular flexibility index (Phi) is 12.1. The zero-order chi connectivity index (χ0) is 39.0. The van der Waals surface area contributed by atoms with Gasteiger partial charge in [0.25, 0.3) is 0 Å². The van der Waals surface area contributed by atoms with Gasteiger partial charge < -0.3 is 35.5 Å². The van der Waals surface area contributed by atoms with Crippen molar-refractivity contribution < 1.29 is 29.2 Å². The maximum Gasteiger partial charge on any atom is 0.192 e.